The number of esters is 2. The molecule has 0 bridgehead atoms. The van der Waals surface area contributed by atoms with Crippen LogP contribution in [0.25, 0.3) is 0 Å². The van der Waals surface area contributed by atoms with Gasteiger partial charge >= 0.3 is 11.9 Å². The minimum atomic E-state index is -0.664. The Labute approximate surface area is 164 Å². The zero-order valence-electron chi connectivity index (χ0n) is 14.9. The van der Waals surface area contributed by atoms with Gasteiger partial charge in [-0.2, -0.15) is 5.26 Å². The first-order valence-corrected chi connectivity index (χ1v) is 10.2. The van der Waals surface area contributed by atoms with Gasteiger partial charge in [-0.25, -0.2) is 9.59 Å². The van der Waals surface area contributed by atoms with Gasteiger partial charge in [0.25, 0.3) is 0 Å². The molecule has 0 saturated carbocycles. The van der Waals surface area contributed by atoms with Gasteiger partial charge in [0.2, 0.25) is 5.91 Å². The predicted molar refractivity (Wildman–Crippen MR) is 99.9 cm³/mol. The van der Waals surface area contributed by atoms with Gasteiger partial charge in [0.15, 0.2) is 0 Å². The number of thioether (sulfide) groups is 1. The van der Waals surface area contributed by atoms with Gasteiger partial charge in [-0.05, 0) is 20.3 Å². The van der Waals surface area contributed by atoms with Crippen LogP contribution in [0.3, 0.4) is 0 Å². The maximum atomic E-state index is 12.6. The lowest BCUT2D eigenvalue weighted by atomic mass is 10.1. The molecule has 27 heavy (non-hydrogen) atoms. The first-order valence-electron chi connectivity index (χ1n) is 8.43. The van der Waals surface area contributed by atoms with Crippen LogP contribution < -0.4 is 5.73 Å². The van der Waals surface area contributed by atoms with Crippen molar-refractivity contribution in [3.63, 3.8) is 0 Å². The summed E-state index contributed by atoms with van der Waals surface area (Å²) in [5.41, 5.74) is 6.17. The Morgan fingerprint density at radius 1 is 1.44 bits per heavy atom. The van der Waals surface area contributed by atoms with Crippen LogP contribution in [0.2, 0.25) is 0 Å². The molecule has 2 N–H and O–H groups in total. The van der Waals surface area contributed by atoms with Gasteiger partial charge < -0.3 is 20.1 Å². The number of amides is 1. The number of carbonyl (C=O) groups is 3. The van der Waals surface area contributed by atoms with Crippen LogP contribution in [0.4, 0.5) is 5.00 Å². The topological polar surface area (TPSA) is 123 Å². The summed E-state index contributed by atoms with van der Waals surface area (Å²) >= 11 is 2.50. The number of ether oxygens (including phenoxy) is 2. The number of hydrogen-bond acceptors (Lipinski definition) is 9. The number of fused-ring (bicyclic) bond motifs is 1. The third-order valence-corrected chi connectivity index (χ3v) is 7.23. The number of carbonyl (C=O) groups excluding carboxylic acids is 3. The summed E-state index contributed by atoms with van der Waals surface area (Å²) in [5.74, 6) is -0.762. The number of rotatable bonds is 5. The van der Waals surface area contributed by atoms with Gasteiger partial charge in [-0.1, -0.05) is 0 Å². The van der Waals surface area contributed by atoms with Gasteiger partial charge in [0.1, 0.15) is 28.6 Å². The van der Waals surface area contributed by atoms with Crippen molar-refractivity contribution in [1.29, 1.82) is 5.26 Å². The first-order chi connectivity index (χ1) is 12.8. The summed E-state index contributed by atoms with van der Waals surface area (Å²) in [5, 5.41) is 9.49. The van der Waals surface area contributed by atoms with E-state index >= 15 is 0 Å². The van der Waals surface area contributed by atoms with Crippen molar-refractivity contribution >= 4 is 45.9 Å². The Bertz CT molecular complexity index is 846. The molecule has 2 aliphatic heterocycles. The van der Waals surface area contributed by atoms with E-state index in [2.05, 4.69) is 0 Å². The Hall–Kier alpha value is -2.25. The lowest BCUT2D eigenvalue weighted by Crippen LogP contribution is -2.46. The summed E-state index contributed by atoms with van der Waals surface area (Å²) in [6, 6.07) is 1.28. The van der Waals surface area contributed by atoms with Gasteiger partial charge in [0.05, 0.1) is 17.0 Å². The molecule has 0 aliphatic carbocycles. The monoisotopic (exact) mass is 409 g/mol. The molecule has 2 fully saturated rings. The Morgan fingerprint density at radius 2 is 2.19 bits per heavy atom. The molecule has 144 valence electrons. The van der Waals surface area contributed by atoms with E-state index in [1.165, 1.54) is 0 Å². The highest BCUT2D eigenvalue weighted by Gasteiger charge is 2.53. The molecule has 2 aliphatic rings. The van der Waals surface area contributed by atoms with Crippen molar-refractivity contribution in [1.82, 2.24) is 4.90 Å². The highest BCUT2D eigenvalue weighted by Crippen LogP contribution is 2.47. The standard InChI is InChI=1S/C17H19N3O5S2/c1-3-24-16(23)13-10(9(6-18)14(19)27-13)7-25-15(22)11-8-26-17(2)5-4-12(21)20(11)17/h11H,3-5,7-8,19H2,1-2H3. The number of thiophene rings is 1. The van der Waals surface area contributed by atoms with Gasteiger partial charge in [-0.3, -0.25) is 4.79 Å². The number of nitrogens with two attached hydrogens (primary N) is 1. The van der Waals surface area contributed by atoms with Crippen molar-refractivity contribution in [2.75, 3.05) is 18.1 Å². The minimum absolute atomic E-state index is 0.0610. The number of nitrogens with zero attached hydrogens (tertiary/aromatic N) is 2. The van der Waals surface area contributed by atoms with E-state index in [1.54, 1.807) is 23.6 Å². The molecule has 0 spiro atoms. The van der Waals surface area contributed by atoms with E-state index in [1.807, 2.05) is 13.0 Å². The highest BCUT2D eigenvalue weighted by atomic mass is 32.2. The lowest BCUT2D eigenvalue weighted by molar-refractivity contribution is -0.154. The number of hydrogen-bond donors (Lipinski definition) is 1. The fraction of sp³-hybridized carbons (Fsp3) is 0.529. The fourth-order valence-corrected chi connectivity index (χ4v) is 5.68. The Balaban J connectivity index is 1.77. The van der Waals surface area contributed by atoms with E-state index in [0.717, 1.165) is 11.3 Å². The van der Waals surface area contributed by atoms with Gasteiger partial charge in [0, 0.05) is 17.7 Å². The second-order valence-electron chi connectivity index (χ2n) is 6.35. The second-order valence-corrected chi connectivity index (χ2v) is 8.91. The summed E-state index contributed by atoms with van der Waals surface area (Å²) in [6.07, 6.45) is 1.12. The molecule has 0 aromatic carbocycles. The van der Waals surface area contributed by atoms with E-state index < -0.39 is 18.0 Å². The average Bonchev–Trinajstić information content (AvgIpc) is 3.24. The SMILES string of the molecule is CCOC(=O)c1sc(N)c(C#N)c1COC(=O)C1CSC2(C)CCC(=O)N12. The molecular weight excluding hydrogens is 390 g/mol. The smallest absolute Gasteiger partial charge is 0.348 e. The summed E-state index contributed by atoms with van der Waals surface area (Å²) in [6.45, 7) is 3.51. The molecule has 1 aromatic heterocycles. The third kappa shape index (κ3) is 3.37. The van der Waals surface area contributed by atoms with Gasteiger partial charge in [-0.15, -0.1) is 23.1 Å². The van der Waals surface area contributed by atoms with Crippen LogP contribution in [-0.2, 0) is 25.7 Å². The first kappa shape index (κ1) is 19.5. The van der Waals surface area contributed by atoms with Crippen molar-refractivity contribution in [3.8, 4) is 6.07 Å². The maximum absolute atomic E-state index is 12.6. The molecule has 8 nitrogen and oxygen atoms in total. The van der Waals surface area contributed by atoms with E-state index in [0.29, 0.717) is 18.6 Å². The van der Waals surface area contributed by atoms with Crippen LogP contribution in [-0.4, -0.2) is 46.0 Å². The van der Waals surface area contributed by atoms with Crippen molar-refractivity contribution < 1.29 is 23.9 Å². The molecule has 1 amide bonds. The van der Waals surface area contributed by atoms with Crippen molar-refractivity contribution in [2.45, 2.75) is 44.2 Å². The highest BCUT2D eigenvalue weighted by molar-refractivity contribution is 8.01. The van der Waals surface area contributed by atoms with Crippen molar-refractivity contribution in [2.24, 2.45) is 0 Å². The Kier molecular flexibility index (Phi) is 5.35. The number of nitrogen functional groups attached to an aromatic ring is 1. The summed E-state index contributed by atoms with van der Waals surface area (Å²) < 4.78 is 10.4. The van der Waals surface area contributed by atoms with E-state index in [-0.39, 0.29) is 45.0 Å². The van der Waals surface area contributed by atoms with E-state index in [9.17, 15) is 19.6 Å². The molecule has 2 saturated heterocycles. The van der Waals surface area contributed by atoms with Crippen molar-refractivity contribution in [3.05, 3.63) is 16.0 Å². The molecule has 3 rings (SSSR count). The number of nitriles is 1. The predicted octanol–water partition coefficient (Wildman–Crippen LogP) is 1.88. The van der Waals surface area contributed by atoms with E-state index in [4.69, 9.17) is 15.2 Å². The molecule has 2 unspecified atom stereocenters. The zero-order chi connectivity index (χ0) is 19.8. The lowest BCUT2D eigenvalue weighted by Gasteiger charge is -2.29. The molecule has 2 atom stereocenters. The van der Waals surface area contributed by atoms with Crippen LogP contribution in [0.5, 0.6) is 0 Å². The van der Waals surface area contributed by atoms with Crippen LogP contribution in [0.15, 0.2) is 0 Å². The molecule has 3 heterocycles. The number of anilines is 1. The quantitative estimate of drug-likeness (QED) is 0.731. The molecule has 0 radical (unpaired) electrons. The largest absolute Gasteiger partial charge is 0.462 e. The molecule has 1 aromatic rings. The van der Waals surface area contributed by atoms with Crippen LogP contribution in [0.1, 0.15) is 47.5 Å². The van der Waals surface area contributed by atoms with Crippen LogP contribution in [0, 0.1) is 11.3 Å². The molecule has 10 heteroatoms. The zero-order valence-corrected chi connectivity index (χ0v) is 16.6. The molecular formula is C17H19N3O5S2. The Morgan fingerprint density at radius 3 is 2.85 bits per heavy atom. The summed E-state index contributed by atoms with van der Waals surface area (Å²) in [4.78, 5) is 38.2. The average molecular weight is 409 g/mol. The second kappa shape index (κ2) is 7.40. The van der Waals surface area contributed by atoms with Crippen LogP contribution >= 0.6 is 23.1 Å². The minimum Gasteiger partial charge on any atom is -0.462 e. The fourth-order valence-electron chi connectivity index (χ4n) is 3.34. The summed E-state index contributed by atoms with van der Waals surface area (Å²) in [7, 11) is 0. The normalized spacial score (nSPS) is 23.8. The maximum Gasteiger partial charge on any atom is 0.348 e. The third-order valence-electron chi connectivity index (χ3n) is 4.68.